The zero-order valence-electron chi connectivity index (χ0n) is 12.0. The molecule has 4 nitrogen and oxygen atoms in total. The first kappa shape index (κ1) is 15.1. The Morgan fingerprint density at radius 3 is 2.62 bits per heavy atom. The molecular formula is C17H19NO3. The van der Waals surface area contributed by atoms with Crippen molar-refractivity contribution in [3.05, 3.63) is 59.7 Å². The lowest BCUT2D eigenvalue weighted by molar-refractivity contribution is -0.115. The van der Waals surface area contributed by atoms with E-state index in [1.807, 2.05) is 31.2 Å². The van der Waals surface area contributed by atoms with Crippen LogP contribution in [0, 0.1) is 6.92 Å². The lowest BCUT2D eigenvalue weighted by Gasteiger charge is -2.08. The smallest absolute Gasteiger partial charge is 0.228 e. The molecule has 0 aromatic heterocycles. The van der Waals surface area contributed by atoms with Crippen molar-refractivity contribution in [2.24, 2.45) is 0 Å². The van der Waals surface area contributed by atoms with E-state index >= 15 is 0 Å². The molecule has 110 valence electrons. The number of benzene rings is 2. The molecule has 0 aliphatic rings. The summed E-state index contributed by atoms with van der Waals surface area (Å²) in [6.07, 6.45) is 0.352. The van der Waals surface area contributed by atoms with Crippen molar-refractivity contribution < 1.29 is 14.6 Å². The van der Waals surface area contributed by atoms with Gasteiger partial charge in [-0.1, -0.05) is 29.8 Å². The standard InChI is InChI=1S/C17H19NO3/c1-13-3-2-4-14(11-13)12-17(20)18-15-5-7-16(8-6-15)21-10-9-19/h2-8,11,19H,9-10,12H2,1H3,(H,18,20). The number of aryl methyl sites for hydroxylation is 1. The summed E-state index contributed by atoms with van der Waals surface area (Å²) in [5, 5.41) is 11.5. The number of aliphatic hydroxyl groups excluding tert-OH is 1. The van der Waals surface area contributed by atoms with Gasteiger partial charge in [-0.2, -0.15) is 0 Å². The van der Waals surface area contributed by atoms with Crippen LogP contribution in [0.4, 0.5) is 5.69 Å². The molecule has 2 rings (SSSR count). The van der Waals surface area contributed by atoms with Crippen molar-refractivity contribution in [3.63, 3.8) is 0 Å². The predicted molar refractivity (Wildman–Crippen MR) is 82.5 cm³/mol. The van der Waals surface area contributed by atoms with Crippen molar-refractivity contribution in [3.8, 4) is 5.75 Å². The third-order valence-electron chi connectivity index (χ3n) is 2.95. The van der Waals surface area contributed by atoms with Crippen LogP contribution in [0.1, 0.15) is 11.1 Å². The minimum atomic E-state index is -0.0513. The second kappa shape index (κ2) is 7.45. The molecule has 1 amide bonds. The summed E-state index contributed by atoms with van der Waals surface area (Å²) >= 11 is 0. The van der Waals surface area contributed by atoms with Gasteiger partial charge in [0.25, 0.3) is 0 Å². The van der Waals surface area contributed by atoms with Gasteiger partial charge in [0.1, 0.15) is 12.4 Å². The molecular weight excluding hydrogens is 266 g/mol. The molecule has 21 heavy (non-hydrogen) atoms. The fraction of sp³-hybridized carbons (Fsp3) is 0.235. The highest BCUT2D eigenvalue weighted by Gasteiger charge is 2.04. The van der Waals surface area contributed by atoms with Crippen molar-refractivity contribution >= 4 is 11.6 Å². The van der Waals surface area contributed by atoms with Gasteiger partial charge in [0.2, 0.25) is 5.91 Å². The molecule has 0 spiro atoms. The number of ether oxygens (including phenoxy) is 1. The molecule has 0 fully saturated rings. The number of anilines is 1. The third kappa shape index (κ3) is 4.93. The third-order valence-corrected chi connectivity index (χ3v) is 2.95. The van der Waals surface area contributed by atoms with Gasteiger partial charge >= 0.3 is 0 Å². The van der Waals surface area contributed by atoms with Crippen LogP contribution in [-0.4, -0.2) is 24.2 Å². The van der Waals surface area contributed by atoms with Crippen molar-refractivity contribution in [2.45, 2.75) is 13.3 Å². The second-order valence-corrected chi connectivity index (χ2v) is 4.81. The topological polar surface area (TPSA) is 58.6 Å². The predicted octanol–water partition coefficient (Wildman–Crippen LogP) is 2.55. The maximum atomic E-state index is 12.0. The van der Waals surface area contributed by atoms with E-state index in [1.165, 1.54) is 0 Å². The van der Waals surface area contributed by atoms with E-state index in [0.29, 0.717) is 12.2 Å². The van der Waals surface area contributed by atoms with Gasteiger partial charge in [0, 0.05) is 5.69 Å². The number of carbonyl (C=O) groups excluding carboxylic acids is 1. The Balaban J connectivity index is 1.90. The molecule has 2 aromatic rings. The number of amides is 1. The fourth-order valence-corrected chi connectivity index (χ4v) is 2.01. The van der Waals surface area contributed by atoms with E-state index in [-0.39, 0.29) is 19.1 Å². The highest BCUT2D eigenvalue weighted by atomic mass is 16.5. The van der Waals surface area contributed by atoms with Crippen LogP contribution >= 0.6 is 0 Å². The molecule has 0 radical (unpaired) electrons. The van der Waals surface area contributed by atoms with Crippen molar-refractivity contribution in [2.75, 3.05) is 18.5 Å². The van der Waals surface area contributed by atoms with E-state index < -0.39 is 0 Å². The highest BCUT2D eigenvalue weighted by molar-refractivity contribution is 5.92. The fourth-order valence-electron chi connectivity index (χ4n) is 2.01. The van der Waals surface area contributed by atoms with Gasteiger partial charge in [-0.05, 0) is 36.8 Å². The van der Waals surface area contributed by atoms with Gasteiger partial charge < -0.3 is 15.2 Å². The minimum Gasteiger partial charge on any atom is -0.491 e. The molecule has 0 heterocycles. The largest absolute Gasteiger partial charge is 0.491 e. The molecule has 4 heteroatoms. The molecule has 2 N–H and O–H groups in total. The molecule has 0 aliphatic heterocycles. The van der Waals surface area contributed by atoms with E-state index in [9.17, 15) is 4.79 Å². The Hall–Kier alpha value is -2.33. The lowest BCUT2D eigenvalue weighted by atomic mass is 10.1. The Kier molecular flexibility index (Phi) is 5.35. The Bertz CT molecular complexity index is 593. The monoisotopic (exact) mass is 285 g/mol. The van der Waals surface area contributed by atoms with Crippen LogP contribution in [0.15, 0.2) is 48.5 Å². The Morgan fingerprint density at radius 2 is 1.95 bits per heavy atom. The highest BCUT2D eigenvalue weighted by Crippen LogP contribution is 2.16. The summed E-state index contributed by atoms with van der Waals surface area (Å²) in [5.74, 6) is 0.616. The number of hydrogen-bond donors (Lipinski definition) is 2. The summed E-state index contributed by atoms with van der Waals surface area (Å²) in [6, 6.07) is 15.0. The molecule has 2 aromatic carbocycles. The summed E-state index contributed by atoms with van der Waals surface area (Å²) in [6.45, 7) is 2.25. The molecule has 0 bridgehead atoms. The molecule has 0 saturated carbocycles. The first-order chi connectivity index (χ1) is 10.2. The van der Waals surface area contributed by atoms with E-state index in [4.69, 9.17) is 9.84 Å². The van der Waals surface area contributed by atoms with Crippen LogP contribution in [0.5, 0.6) is 5.75 Å². The van der Waals surface area contributed by atoms with E-state index in [2.05, 4.69) is 5.32 Å². The van der Waals surface area contributed by atoms with Crippen LogP contribution in [0.2, 0.25) is 0 Å². The van der Waals surface area contributed by atoms with E-state index in [0.717, 1.165) is 16.8 Å². The number of rotatable bonds is 6. The minimum absolute atomic E-state index is 0.0189. The van der Waals surface area contributed by atoms with E-state index in [1.54, 1.807) is 24.3 Å². The summed E-state index contributed by atoms with van der Waals surface area (Å²) in [4.78, 5) is 12.0. The van der Waals surface area contributed by atoms with Crippen LogP contribution in [0.25, 0.3) is 0 Å². The summed E-state index contributed by atoms with van der Waals surface area (Å²) < 4.78 is 5.26. The Labute approximate surface area is 124 Å². The van der Waals surface area contributed by atoms with Gasteiger partial charge in [0.15, 0.2) is 0 Å². The summed E-state index contributed by atoms with van der Waals surface area (Å²) in [7, 11) is 0. The van der Waals surface area contributed by atoms with Crippen LogP contribution in [-0.2, 0) is 11.2 Å². The molecule has 0 aliphatic carbocycles. The average molecular weight is 285 g/mol. The van der Waals surface area contributed by atoms with Crippen LogP contribution < -0.4 is 10.1 Å². The van der Waals surface area contributed by atoms with Crippen molar-refractivity contribution in [1.29, 1.82) is 0 Å². The normalized spacial score (nSPS) is 10.2. The first-order valence-corrected chi connectivity index (χ1v) is 6.86. The Morgan fingerprint density at radius 1 is 1.19 bits per heavy atom. The van der Waals surface area contributed by atoms with Gasteiger partial charge in [0.05, 0.1) is 13.0 Å². The lowest BCUT2D eigenvalue weighted by Crippen LogP contribution is -2.14. The van der Waals surface area contributed by atoms with Gasteiger partial charge in [-0.15, -0.1) is 0 Å². The first-order valence-electron chi connectivity index (χ1n) is 6.86. The van der Waals surface area contributed by atoms with Crippen molar-refractivity contribution in [1.82, 2.24) is 0 Å². The number of hydrogen-bond acceptors (Lipinski definition) is 3. The maximum Gasteiger partial charge on any atom is 0.228 e. The second-order valence-electron chi connectivity index (χ2n) is 4.81. The number of nitrogens with one attached hydrogen (secondary N) is 1. The van der Waals surface area contributed by atoms with Gasteiger partial charge in [-0.25, -0.2) is 0 Å². The number of aliphatic hydroxyl groups is 1. The molecule has 0 atom stereocenters. The average Bonchev–Trinajstić information content (AvgIpc) is 2.46. The molecule has 0 unspecified atom stereocenters. The summed E-state index contributed by atoms with van der Waals surface area (Å²) in [5.41, 5.74) is 2.87. The zero-order valence-corrected chi connectivity index (χ0v) is 12.0. The number of carbonyl (C=O) groups is 1. The maximum absolute atomic E-state index is 12.0. The zero-order chi connectivity index (χ0) is 15.1. The van der Waals surface area contributed by atoms with Gasteiger partial charge in [-0.3, -0.25) is 4.79 Å². The SMILES string of the molecule is Cc1cccc(CC(=O)Nc2ccc(OCCO)cc2)c1. The van der Waals surface area contributed by atoms with Crippen LogP contribution in [0.3, 0.4) is 0 Å². The molecule has 0 saturated heterocycles. The quantitative estimate of drug-likeness (QED) is 0.857.